The summed E-state index contributed by atoms with van der Waals surface area (Å²) in [7, 11) is 1.61. The van der Waals surface area contributed by atoms with E-state index in [2.05, 4.69) is 135 Å². The van der Waals surface area contributed by atoms with Crippen LogP contribution in [0.5, 0.6) is 0 Å². The van der Waals surface area contributed by atoms with E-state index >= 15 is 0 Å². The first-order chi connectivity index (χ1) is 33.6. The third-order valence-electron chi connectivity index (χ3n) is 11.0. The van der Waals surface area contributed by atoms with E-state index < -0.39 is 13.9 Å². The number of allylic oxidation sites excluding steroid dienone is 20. The zero-order valence-electron chi connectivity index (χ0n) is 44.8. The predicted octanol–water partition coefficient (Wildman–Crippen LogP) is 17.3. The van der Waals surface area contributed by atoms with Crippen molar-refractivity contribution < 1.29 is 37.3 Å². The van der Waals surface area contributed by atoms with Crippen molar-refractivity contribution >= 4 is 13.8 Å². The largest absolute Gasteiger partial charge is 0.472 e. The molecule has 8 nitrogen and oxygen atoms in total. The molecule has 0 saturated heterocycles. The van der Waals surface area contributed by atoms with Gasteiger partial charge in [0.2, 0.25) is 0 Å². The van der Waals surface area contributed by atoms with Gasteiger partial charge >= 0.3 is 13.8 Å². The molecule has 2 atom stereocenters. The van der Waals surface area contributed by atoms with Gasteiger partial charge in [0.1, 0.15) is 19.3 Å². The van der Waals surface area contributed by atoms with E-state index in [4.69, 9.17) is 18.5 Å². The highest BCUT2D eigenvalue weighted by Gasteiger charge is 2.26. The third kappa shape index (κ3) is 55.7. The quantitative estimate of drug-likeness (QED) is 0.0213. The van der Waals surface area contributed by atoms with E-state index in [0.717, 1.165) is 103 Å². The first-order valence-electron chi connectivity index (χ1n) is 27.3. The zero-order chi connectivity index (χ0) is 50.5. The smallest absolute Gasteiger partial charge is 0.457 e. The Balaban J connectivity index is 4.27. The van der Waals surface area contributed by atoms with E-state index in [1.54, 1.807) is 0 Å². The number of nitrogens with zero attached hydrogens (tertiary/aromatic N) is 1. The van der Waals surface area contributed by atoms with Crippen LogP contribution in [0.4, 0.5) is 0 Å². The second-order valence-corrected chi connectivity index (χ2v) is 20.3. The average molecular weight is 981 g/mol. The fraction of sp³-hybridized carbons (Fsp3) is 0.650. The van der Waals surface area contributed by atoms with Crippen LogP contribution in [0, 0.1) is 0 Å². The Morgan fingerprint density at radius 2 is 0.841 bits per heavy atom. The minimum absolute atomic E-state index is 0.0708. The molecule has 0 aromatic rings. The molecular weight excluding hydrogens is 878 g/mol. The molecule has 0 saturated carbocycles. The summed E-state index contributed by atoms with van der Waals surface area (Å²) in [6, 6.07) is 0. The number of hydrogen-bond donors (Lipinski definition) is 1. The van der Waals surface area contributed by atoms with Gasteiger partial charge in [-0.15, -0.1) is 0 Å². The highest BCUT2D eigenvalue weighted by atomic mass is 31.2. The van der Waals surface area contributed by atoms with E-state index in [1.165, 1.54) is 70.6 Å². The fourth-order valence-electron chi connectivity index (χ4n) is 6.83. The SMILES string of the molecule is CC/C=C\C/C=C\C/C=C\C/C=C\C/C=C\C/C=C\C/C=C\CCCCOCC(COP(=O)(O)OCC[N+](C)(C)C)OC(=O)CCCCCCCCCC/C=C\C/C=C\C/C=C\CCCCCCC. The number of carbonyl (C=O) groups excluding carboxylic acids is 1. The maximum Gasteiger partial charge on any atom is 0.472 e. The molecule has 0 rings (SSSR count). The summed E-state index contributed by atoms with van der Waals surface area (Å²) in [6.07, 6.45) is 74.0. The topological polar surface area (TPSA) is 91.3 Å². The van der Waals surface area contributed by atoms with Crippen LogP contribution in [0.15, 0.2) is 122 Å². The van der Waals surface area contributed by atoms with Crippen molar-refractivity contribution in [3.63, 3.8) is 0 Å². The van der Waals surface area contributed by atoms with Gasteiger partial charge in [-0.05, 0) is 109 Å². The van der Waals surface area contributed by atoms with Gasteiger partial charge in [0.25, 0.3) is 0 Å². The van der Waals surface area contributed by atoms with Crippen LogP contribution in [0.1, 0.15) is 194 Å². The van der Waals surface area contributed by atoms with Crippen molar-refractivity contribution in [2.75, 3.05) is 54.1 Å². The molecule has 2 unspecified atom stereocenters. The lowest BCUT2D eigenvalue weighted by Crippen LogP contribution is -2.37. The van der Waals surface area contributed by atoms with Crippen LogP contribution >= 0.6 is 7.82 Å². The third-order valence-corrected chi connectivity index (χ3v) is 12.0. The fourth-order valence-corrected chi connectivity index (χ4v) is 7.57. The lowest BCUT2D eigenvalue weighted by atomic mass is 10.1. The molecular formula is C60H103NO7P+. The molecule has 0 heterocycles. The molecule has 0 aromatic heterocycles. The normalized spacial score (nSPS) is 14.5. The zero-order valence-corrected chi connectivity index (χ0v) is 45.6. The molecule has 394 valence electrons. The van der Waals surface area contributed by atoms with Gasteiger partial charge in [0, 0.05) is 13.0 Å². The van der Waals surface area contributed by atoms with Crippen LogP contribution in [0.3, 0.4) is 0 Å². The molecule has 0 amide bonds. The van der Waals surface area contributed by atoms with Crippen molar-refractivity contribution in [2.24, 2.45) is 0 Å². The number of carbonyl (C=O) groups is 1. The standard InChI is InChI=1S/C60H102NO7P/c1-6-8-10-12-14-16-18-20-22-24-26-28-30-32-34-36-38-40-42-44-46-48-50-52-55-65-57-59(58-67-69(63,64)66-56-54-61(3,4)5)68-60(62)53-51-49-47-45-43-41-39-37-35-33-31-29-27-25-23-21-19-17-15-13-11-9-7-2/h8,10,14,16,19-22,25-28,31-34,38,40,44,46,59H,6-7,9,11-13,15,17-18,23-24,29-30,35-37,39,41-43,45,47-58H2,1-5H3/p+1/b10-8-,16-14-,21-19-,22-20-,27-25-,28-26-,33-31-,34-32-,40-38-,46-44-. The maximum atomic E-state index is 12.8. The van der Waals surface area contributed by atoms with Crippen LogP contribution < -0.4 is 0 Å². The van der Waals surface area contributed by atoms with E-state index in [0.29, 0.717) is 24.1 Å². The molecule has 0 aliphatic heterocycles. The van der Waals surface area contributed by atoms with Crippen LogP contribution in [0.2, 0.25) is 0 Å². The number of phosphoric acid groups is 1. The second kappa shape index (κ2) is 51.3. The van der Waals surface area contributed by atoms with Crippen molar-refractivity contribution in [1.82, 2.24) is 0 Å². The van der Waals surface area contributed by atoms with Crippen molar-refractivity contribution in [1.29, 1.82) is 0 Å². The van der Waals surface area contributed by atoms with Crippen molar-refractivity contribution in [3.05, 3.63) is 122 Å². The summed E-state index contributed by atoms with van der Waals surface area (Å²) < 4.78 is 35.1. The number of quaternary nitrogens is 1. The number of ether oxygens (including phenoxy) is 2. The monoisotopic (exact) mass is 981 g/mol. The van der Waals surface area contributed by atoms with Gasteiger partial charge in [0.05, 0.1) is 34.4 Å². The Hall–Kier alpha value is -3.10. The van der Waals surface area contributed by atoms with Gasteiger partial charge in [-0.1, -0.05) is 200 Å². The van der Waals surface area contributed by atoms with E-state index in [9.17, 15) is 14.3 Å². The second-order valence-electron chi connectivity index (χ2n) is 18.9. The number of esters is 1. The van der Waals surface area contributed by atoms with E-state index in [-0.39, 0.29) is 25.8 Å². The summed E-state index contributed by atoms with van der Waals surface area (Å²) >= 11 is 0. The lowest BCUT2D eigenvalue weighted by Gasteiger charge is -2.24. The minimum Gasteiger partial charge on any atom is -0.457 e. The van der Waals surface area contributed by atoms with Crippen LogP contribution in [-0.4, -0.2) is 75.6 Å². The summed E-state index contributed by atoms with van der Waals surface area (Å²) in [5.41, 5.74) is 0. The van der Waals surface area contributed by atoms with Crippen LogP contribution in [-0.2, 0) is 27.9 Å². The highest BCUT2D eigenvalue weighted by Crippen LogP contribution is 2.43. The summed E-state index contributed by atoms with van der Waals surface area (Å²) in [4.78, 5) is 23.1. The number of rotatable bonds is 49. The summed E-state index contributed by atoms with van der Waals surface area (Å²) in [5, 5.41) is 0. The predicted molar refractivity (Wildman–Crippen MR) is 297 cm³/mol. The molecule has 0 fully saturated rings. The molecule has 0 bridgehead atoms. The Morgan fingerprint density at radius 1 is 0.464 bits per heavy atom. The number of likely N-dealkylation sites (N-methyl/N-ethyl adjacent to an activating group) is 1. The van der Waals surface area contributed by atoms with Gasteiger partial charge in [-0.2, -0.15) is 0 Å². The molecule has 1 N–H and O–H groups in total. The van der Waals surface area contributed by atoms with Crippen molar-refractivity contribution in [2.45, 2.75) is 200 Å². The number of unbranched alkanes of at least 4 members (excludes halogenated alkanes) is 15. The highest BCUT2D eigenvalue weighted by molar-refractivity contribution is 7.47. The van der Waals surface area contributed by atoms with Gasteiger partial charge in [-0.25, -0.2) is 4.57 Å². The number of hydrogen-bond acceptors (Lipinski definition) is 6. The minimum atomic E-state index is -4.31. The molecule has 0 spiro atoms. The van der Waals surface area contributed by atoms with Crippen molar-refractivity contribution in [3.8, 4) is 0 Å². The Bertz CT molecular complexity index is 1510. The number of phosphoric ester groups is 1. The first-order valence-corrected chi connectivity index (χ1v) is 28.8. The summed E-state index contributed by atoms with van der Waals surface area (Å²) in [6.45, 7) is 5.35. The van der Waals surface area contributed by atoms with E-state index in [1.807, 2.05) is 21.1 Å². The van der Waals surface area contributed by atoms with Gasteiger partial charge < -0.3 is 18.9 Å². The lowest BCUT2D eigenvalue weighted by molar-refractivity contribution is -0.870. The molecule has 0 aliphatic rings. The first kappa shape index (κ1) is 65.9. The molecule has 9 heteroatoms. The molecule has 0 radical (unpaired) electrons. The van der Waals surface area contributed by atoms with Gasteiger partial charge in [-0.3, -0.25) is 13.8 Å². The maximum absolute atomic E-state index is 12.8. The Morgan fingerprint density at radius 3 is 1.26 bits per heavy atom. The van der Waals surface area contributed by atoms with Crippen LogP contribution in [0.25, 0.3) is 0 Å². The molecule has 0 aromatic carbocycles. The van der Waals surface area contributed by atoms with Gasteiger partial charge in [0.15, 0.2) is 0 Å². The molecule has 0 aliphatic carbocycles. The Kier molecular flexibility index (Phi) is 49.0. The average Bonchev–Trinajstić information content (AvgIpc) is 3.31. The summed E-state index contributed by atoms with van der Waals surface area (Å²) in [5.74, 6) is -0.341. The Labute approximate surface area is 424 Å². The molecule has 69 heavy (non-hydrogen) atoms.